The predicted molar refractivity (Wildman–Crippen MR) is 215 cm³/mol. The quantitative estimate of drug-likeness (QED) is 0.151. The van der Waals surface area contributed by atoms with E-state index in [1.807, 2.05) is 24.3 Å². The number of piperazine rings is 2. The molecule has 2 aliphatic heterocycles. The second kappa shape index (κ2) is 16.6. The zero-order valence-electron chi connectivity index (χ0n) is 33.2. The first-order valence-corrected chi connectivity index (χ1v) is 19.0. The van der Waals surface area contributed by atoms with Crippen LogP contribution in [0.3, 0.4) is 0 Å². The molecule has 4 aromatic rings. The zero-order chi connectivity index (χ0) is 39.3. The number of rotatable bonds is 12. The maximum absolute atomic E-state index is 13.2. The van der Waals surface area contributed by atoms with E-state index in [0.717, 1.165) is 54.8 Å². The second-order valence-corrected chi connectivity index (χ2v) is 15.1. The van der Waals surface area contributed by atoms with Crippen LogP contribution in [0.15, 0.2) is 73.3 Å². The van der Waals surface area contributed by atoms with Crippen LogP contribution in [0.25, 0.3) is 10.8 Å². The van der Waals surface area contributed by atoms with Crippen molar-refractivity contribution < 1.29 is 23.8 Å². The molecule has 2 aliphatic rings. The Morgan fingerprint density at radius 1 is 0.818 bits per heavy atom. The van der Waals surface area contributed by atoms with Gasteiger partial charge in [0, 0.05) is 98.6 Å². The van der Waals surface area contributed by atoms with E-state index in [0.29, 0.717) is 67.1 Å². The summed E-state index contributed by atoms with van der Waals surface area (Å²) in [6.07, 6.45) is 4.07. The number of amides is 2. The molecule has 2 saturated heterocycles. The van der Waals surface area contributed by atoms with Gasteiger partial charge in [-0.05, 0) is 74.5 Å². The number of methoxy groups -OCH3 is 2. The highest BCUT2D eigenvalue weighted by Crippen LogP contribution is 2.45. The molecule has 0 bridgehead atoms. The molecule has 0 atom stereocenters. The van der Waals surface area contributed by atoms with E-state index in [-0.39, 0.29) is 5.54 Å². The van der Waals surface area contributed by atoms with Gasteiger partial charge >= 0.3 is 11.8 Å². The van der Waals surface area contributed by atoms with Crippen LogP contribution in [-0.4, -0.2) is 120 Å². The molecule has 2 amide bonds. The summed E-state index contributed by atoms with van der Waals surface area (Å²) in [5, 5.41) is 13.9. The lowest BCUT2D eigenvalue weighted by molar-refractivity contribution is -0.143. The van der Waals surface area contributed by atoms with Crippen LogP contribution in [-0.2, 0) is 16.0 Å². The lowest BCUT2D eigenvalue weighted by atomic mass is 9.71. The predicted octanol–water partition coefficient (Wildman–Crippen LogP) is 5.25. The topological polar surface area (TPSA) is 125 Å². The van der Waals surface area contributed by atoms with Crippen molar-refractivity contribution in [2.75, 3.05) is 83.3 Å². The number of fused-ring (bicyclic) bond motifs is 1. The number of hydrogen-bond acceptors (Lipinski definition) is 11. The van der Waals surface area contributed by atoms with Crippen molar-refractivity contribution in [3.63, 3.8) is 0 Å². The van der Waals surface area contributed by atoms with Crippen molar-refractivity contribution in [3.05, 3.63) is 84.5 Å². The van der Waals surface area contributed by atoms with Gasteiger partial charge in [-0.1, -0.05) is 27.4 Å². The van der Waals surface area contributed by atoms with Crippen LogP contribution in [0.5, 0.6) is 17.2 Å². The maximum atomic E-state index is 13.2. The van der Waals surface area contributed by atoms with Crippen molar-refractivity contribution in [2.24, 2.45) is 5.41 Å². The molecule has 0 radical (unpaired) electrons. The average Bonchev–Trinajstić information content (AvgIpc) is 3.21. The Morgan fingerprint density at radius 3 is 2.09 bits per heavy atom. The Kier molecular flexibility index (Phi) is 11.9. The number of nitrogens with zero attached hydrogens (tertiary/aromatic N) is 7. The number of carbonyl (C=O) groups excluding carboxylic acids is 2. The number of likely N-dealkylation sites (N-methyl/N-ethyl adjacent to an activating group) is 1. The first-order valence-electron chi connectivity index (χ1n) is 19.0. The molecule has 292 valence electrons. The molecule has 0 unspecified atom stereocenters. The number of benzene rings is 2. The number of aromatic nitrogens is 3. The van der Waals surface area contributed by atoms with Crippen molar-refractivity contribution in [2.45, 2.75) is 46.6 Å². The first-order chi connectivity index (χ1) is 26.4. The van der Waals surface area contributed by atoms with Gasteiger partial charge in [-0.15, -0.1) is 5.10 Å². The van der Waals surface area contributed by atoms with Gasteiger partial charge in [0.25, 0.3) is 0 Å². The van der Waals surface area contributed by atoms with Gasteiger partial charge in [0.15, 0.2) is 17.3 Å². The number of carbonyl (C=O) groups is 2. The summed E-state index contributed by atoms with van der Waals surface area (Å²) in [5.74, 6) is 1.78. The third-order valence-corrected chi connectivity index (χ3v) is 11.7. The van der Waals surface area contributed by atoms with E-state index in [1.54, 1.807) is 55.8 Å². The summed E-state index contributed by atoms with van der Waals surface area (Å²) in [6, 6.07) is 14.7. The molecule has 0 saturated carbocycles. The molecule has 13 heteroatoms. The number of ether oxygens (including phenoxy) is 3. The minimum atomic E-state index is -0.687. The van der Waals surface area contributed by atoms with Gasteiger partial charge in [-0.25, -0.2) is 0 Å². The van der Waals surface area contributed by atoms with Gasteiger partial charge < -0.3 is 34.2 Å². The second-order valence-electron chi connectivity index (χ2n) is 15.1. The SMILES string of the molecule is C=C(Oc1cc2c(N3CCN(C(=O)C(=O)Nc4ccc(OC)cc4)CC3)nnc(Cc3ccncc3)c2cc1OC)C(C)(C)C(C)(C)N1CCN(CC)CC1. The highest BCUT2D eigenvalue weighted by Gasteiger charge is 2.46. The van der Waals surface area contributed by atoms with E-state index in [9.17, 15) is 9.59 Å². The molecule has 55 heavy (non-hydrogen) atoms. The largest absolute Gasteiger partial charge is 0.497 e. The molecule has 4 heterocycles. The van der Waals surface area contributed by atoms with E-state index in [4.69, 9.17) is 24.4 Å². The first kappa shape index (κ1) is 39.4. The maximum Gasteiger partial charge on any atom is 0.313 e. The smallest absolute Gasteiger partial charge is 0.313 e. The summed E-state index contributed by atoms with van der Waals surface area (Å²) < 4.78 is 17.9. The zero-order valence-corrected chi connectivity index (χ0v) is 33.2. The van der Waals surface area contributed by atoms with Crippen LogP contribution in [0, 0.1) is 5.41 Å². The fourth-order valence-electron chi connectivity index (χ4n) is 7.24. The molecule has 13 nitrogen and oxygen atoms in total. The van der Waals surface area contributed by atoms with Crippen LogP contribution in [0.4, 0.5) is 11.5 Å². The fourth-order valence-corrected chi connectivity index (χ4v) is 7.24. The van der Waals surface area contributed by atoms with Crippen LogP contribution >= 0.6 is 0 Å². The third kappa shape index (κ3) is 8.37. The summed E-state index contributed by atoms with van der Waals surface area (Å²) >= 11 is 0. The van der Waals surface area contributed by atoms with Gasteiger partial charge in [-0.2, -0.15) is 5.10 Å². The standard InChI is InChI=1S/C42H54N8O5/c1-9-47-18-24-50(25-19-47)42(5,6)41(3,4)29(2)55-37-28-34-33(27-36(37)54-8)35(26-30-14-16-43-17-15-30)45-46-38(34)48-20-22-49(23-21-48)40(52)39(51)44-31-10-12-32(53-7)13-11-31/h10-17,27-28H,2,9,18-26H2,1,3-8H3,(H,44,51). The Balaban J connectivity index is 1.26. The fraction of sp³-hybridized carbons (Fsp3) is 0.452. The molecule has 6 rings (SSSR count). The summed E-state index contributed by atoms with van der Waals surface area (Å²) in [6.45, 7) is 22.3. The molecular weight excluding hydrogens is 697 g/mol. The minimum absolute atomic E-state index is 0.245. The summed E-state index contributed by atoms with van der Waals surface area (Å²) in [4.78, 5) is 39.0. The van der Waals surface area contributed by atoms with Crippen LogP contribution < -0.4 is 24.4 Å². The Bertz CT molecular complexity index is 1990. The van der Waals surface area contributed by atoms with Crippen LogP contribution in [0.1, 0.15) is 45.9 Å². The number of pyridine rings is 1. The van der Waals surface area contributed by atoms with Crippen LogP contribution in [0.2, 0.25) is 0 Å². The van der Waals surface area contributed by atoms with Gasteiger partial charge in [0.1, 0.15) is 11.5 Å². The van der Waals surface area contributed by atoms with E-state index >= 15 is 0 Å². The summed E-state index contributed by atoms with van der Waals surface area (Å²) in [5.41, 5.74) is 1.67. The molecule has 2 aromatic heterocycles. The van der Waals surface area contributed by atoms with E-state index in [2.05, 4.69) is 66.2 Å². The van der Waals surface area contributed by atoms with Gasteiger partial charge in [0.2, 0.25) is 0 Å². The minimum Gasteiger partial charge on any atom is -0.497 e. The van der Waals surface area contributed by atoms with Crippen molar-refractivity contribution >= 4 is 34.1 Å². The average molecular weight is 751 g/mol. The molecule has 2 aromatic carbocycles. The van der Waals surface area contributed by atoms with Crippen molar-refractivity contribution in [3.8, 4) is 17.2 Å². The monoisotopic (exact) mass is 750 g/mol. The Hall–Kier alpha value is -5.27. The lowest BCUT2D eigenvalue weighted by Gasteiger charge is -2.52. The number of hydrogen-bond donors (Lipinski definition) is 1. The number of anilines is 2. The molecule has 1 N–H and O–H groups in total. The van der Waals surface area contributed by atoms with Gasteiger partial charge in [0.05, 0.1) is 19.9 Å². The van der Waals surface area contributed by atoms with E-state index in [1.165, 1.54) is 0 Å². The van der Waals surface area contributed by atoms with E-state index < -0.39 is 17.2 Å². The normalized spacial score (nSPS) is 15.8. The number of nitrogens with one attached hydrogen (secondary N) is 1. The lowest BCUT2D eigenvalue weighted by Crippen LogP contribution is -2.60. The highest BCUT2D eigenvalue weighted by molar-refractivity contribution is 6.39. The van der Waals surface area contributed by atoms with Gasteiger partial charge in [-0.3, -0.25) is 19.5 Å². The molecular formula is C42H54N8O5. The molecule has 0 aliphatic carbocycles. The van der Waals surface area contributed by atoms with Crippen molar-refractivity contribution in [1.82, 2.24) is 29.9 Å². The molecule has 0 spiro atoms. The molecule has 2 fully saturated rings. The summed E-state index contributed by atoms with van der Waals surface area (Å²) in [7, 11) is 3.21. The van der Waals surface area contributed by atoms with Crippen molar-refractivity contribution in [1.29, 1.82) is 0 Å². The third-order valence-electron chi connectivity index (χ3n) is 11.7. The highest BCUT2D eigenvalue weighted by atomic mass is 16.5. The Labute approximate surface area is 324 Å². The Morgan fingerprint density at radius 2 is 1.47 bits per heavy atom.